The molecule has 8 heteroatoms. The number of benzene rings is 1. The molecule has 0 saturated carbocycles. The van der Waals surface area contributed by atoms with Gasteiger partial charge in [-0.3, -0.25) is 0 Å². The topological polar surface area (TPSA) is 82.3 Å². The van der Waals surface area contributed by atoms with Crippen LogP contribution in [0.1, 0.15) is 0 Å². The van der Waals surface area contributed by atoms with Gasteiger partial charge in [-0.25, -0.2) is 22.9 Å². The maximum atomic E-state index is 12.9. The van der Waals surface area contributed by atoms with E-state index < -0.39 is 15.8 Å². The van der Waals surface area contributed by atoms with Crippen LogP contribution in [0, 0.1) is 5.82 Å². The second kappa shape index (κ2) is 5.24. The number of hydrogen-bond donors (Lipinski definition) is 1. The molecule has 0 saturated heterocycles. The lowest BCUT2D eigenvalue weighted by molar-refractivity contribution is 0.443. The molecule has 2 aromatic rings. The molecule has 0 atom stereocenters. The van der Waals surface area contributed by atoms with Crippen LogP contribution in [0.5, 0.6) is 11.6 Å². The molecule has 0 aliphatic heterocycles. The van der Waals surface area contributed by atoms with Gasteiger partial charge in [0.25, 0.3) is 0 Å². The summed E-state index contributed by atoms with van der Waals surface area (Å²) in [4.78, 5) is 3.56. The molecule has 0 aliphatic carbocycles. The lowest BCUT2D eigenvalue weighted by atomic mass is 10.3. The van der Waals surface area contributed by atoms with Crippen molar-refractivity contribution in [1.82, 2.24) is 4.98 Å². The maximum absolute atomic E-state index is 12.9. The SMILES string of the molecule is NS(=O)(=O)c1cccnc1Oc1ccc(F)cc1Br. The van der Waals surface area contributed by atoms with Gasteiger partial charge in [0.1, 0.15) is 16.5 Å². The highest BCUT2D eigenvalue weighted by atomic mass is 79.9. The Bertz CT molecular complexity index is 722. The number of primary sulfonamides is 1. The highest BCUT2D eigenvalue weighted by molar-refractivity contribution is 9.10. The summed E-state index contributed by atoms with van der Waals surface area (Å²) in [5.74, 6) is -0.394. The molecule has 2 N–H and O–H groups in total. The monoisotopic (exact) mass is 346 g/mol. The molecular formula is C11H8BrFN2O3S. The molecule has 0 spiro atoms. The summed E-state index contributed by atoms with van der Waals surface area (Å²) in [5, 5.41) is 5.05. The summed E-state index contributed by atoms with van der Waals surface area (Å²) in [7, 11) is -3.95. The number of hydrogen-bond acceptors (Lipinski definition) is 4. The normalized spacial score (nSPS) is 11.3. The Balaban J connectivity index is 2.44. The average molecular weight is 347 g/mol. The lowest BCUT2D eigenvalue weighted by Crippen LogP contribution is -2.13. The van der Waals surface area contributed by atoms with Crippen LogP contribution in [0.2, 0.25) is 0 Å². The van der Waals surface area contributed by atoms with Gasteiger partial charge in [-0.05, 0) is 46.3 Å². The maximum Gasteiger partial charge on any atom is 0.243 e. The van der Waals surface area contributed by atoms with E-state index in [2.05, 4.69) is 20.9 Å². The number of ether oxygens (including phenoxy) is 1. The number of pyridine rings is 1. The fourth-order valence-corrected chi connectivity index (χ4v) is 2.37. The van der Waals surface area contributed by atoms with Crippen molar-refractivity contribution in [1.29, 1.82) is 0 Å². The number of nitrogens with zero attached hydrogens (tertiary/aromatic N) is 1. The van der Waals surface area contributed by atoms with E-state index in [-0.39, 0.29) is 16.5 Å². The van der Waals surface area contributed by atoms with Gasteiger partial charge in [0.2, 0.25) is 15.9 Å². The molecule has 2 rings (SSSR count). The van der Waals surface area contributed by atoms with E-state index in [0.29, 0.717) is 4.47 Å². The van der Waals surface area contributed by atoms with Crippen LogP contribution in [-0.4, -0.2) is 13.4 Å². The van der Waals surface area contributed by atoms with Gasteiger partial charge in [0.15, 0.2) is 0 Å². The first-order valence-corrected chi connectivity index (χ1v) is 7.32. The fraction of sp³-hybridized carbons (Fsp3) is 0. The van der Waals surface area contributed by atoms with E-state index >= 15 is 0 Å². The van der Waals surface area contributed by atoms with Gasteiger partial charge >= 0.3 is 0 Å². The third-order valence-electron chi connectivity index (χ3n) is 2.14. The Labute approximate surface area is 117 Å². The van der Waals surface area contributed by atoms with Crippen LogP contribution in [0.25, 0.3) is 0 Å². The summed E-state index contributed by atoms with van der Waals surface area (Å²) in [6.45, 7) is 0. The molecule has 1 aromatic heterocycles. The van der Waals surface area contributed by atoms with Crippen molar-refractivity contribution in [3.63, 3.8) is 0 Å². The smallest absolute Gasteiger partial charge is 0.243 e. The standard InChI is InChI=1S/C11H8BrFN2O3S/c12-8-6-7(13)3-4-9(8)18-11-10(19(14,16)17)2-1-5-15-11/h1-6H,(H2,14,16,17). The van der Waals surface area contributed by atoms with Crippen molar-refractivity contribution in [2.75, 3.05) is 0 Å². The molecule has 0 amide bonds. The summed E-state index contributed by atoms with van der Waals surface area (Å²) >= 11 is 3.11. The number of halogens is 2. The number of sulfonamides is 1. The van der Waals surface area contributed by atoms with E-state index in [1.807, 2.05) is 0 Å². The Morgan fingerprint density at radius 1 is 1.32 bits per heavy atom. The highest BCUT2D eigenvalue weighted by Crippen LogP contribution is 2.31. The molecule has 0 fully saturated rings. The summed E-state index contributed by atoms with van der Waals surface area (Å²) in [6, 6.07) is 6.41. The van der Waals surface area contributed by atoms with Crippen LogP contribution >= 0.6 is 15.9 Å². The molecule has 0 unspecified atom stereocenters. The summed E-state index contributed by atoms with van der Waals surface area (Å²) in [5.41, 5.74) is 0. The molecule has 19 heavy (non-hydrogen) atoms. The van der Waals surface area contributed by atoms with E-state index in [0.717, 1.165) is 0 Å². The molecule has 0 radical (unpaired) electrons. The van der Waals surface area contributed by atoms with Crippen LogP contribution in [0.15, 0.2) is 45.9 Å². The lowest BCUT2D eigenvalue weighted by Gasteiger charge is -2.09. The van der Waals surface area contributed by atoms with Crippen molar-refractivity contribution in [2.24, 2.45) is 5.14 Å². The zero-order valence-electron chi connectivity index (χ0n) is 9.38. The highest BCUT2D eigenvalue weighted by Gasteiger charge is 2.17. The van der Waals surface area contributed by atoms with Gasteiger partial charge in [-0.15, -0.1) is 0 Å². The Kier molecular flexibility index (Phi) is 3.83. The van der Waals surface area contributed by atoms with Crippen LogP contribution < -0.4 is 9.88 Å². The molecular weight excluding hydrogens is 339 g/mol. The number of rotatable bonds is 3. The molecule has 1 aromatic carbocycles. The first-order chi connectivity index (χ1) is 8.88. The van der Waals surface area contributed by atoms with Crippen molar-refractivity contribution in [3.05, 3.63) is 46.8 Å². The van der Waals surface area contributed by atoms with Crippen LogP contribution in [0.4, 0.5) is 4.39 Å². The Hall–Kier alpha value is -1.51. The minimum absolute atomic E-state index is 0.169. The average Bonchev–Trinajstić information content (AvgIpc) is 2.32. The zero-order chi connectivity index (χ0) is 14.0. The van der Waals surface area contributed by atoms with E-state index in [4.69, 9.17) is 9.88 Å². The third kappa shape index (κ3) is 3.28. The minimum atomic E-state index is -3.95. The van der Waals surface area contributed by atoms with Crippen molar-refractivity contribution >= 4 is 26.0 Å². The van der Waals surface area contributed by atoms with Crippen LogP contribution in [0.3, 0.4) is 0 Å². The zero-order valence-corrected chi connectivity index (χ0v) is 11.8. The van der Waals surface area contributed by atoms with Crippen molar-refractivity contribution in [3.8, 4) is 11.6 Å². The second-order valence-corrected chi connectivity index (χ2v) is 5.91. The summed E-state index contributed by atoms with van der Waals surface area (Å²) in [6.07, 6.45) is 1.36. The molecule has 1 heterocycles. The van der Waals surface area contributed by atoms with Crippen LogP contribution in [-0.2, 0) is 10.0 Å². The van der Waals surface area contributed by atoms with Gasteiger partial charge in [-0.2, -0.15) is 0 Å². The molecule has 0 aliphatic rings. The minimum Gasteiger partial charge on any atom is -0.436 e. The second-order valence-electron chi connectivity index (χ2n) is 3.53. The van der Waals surface area contributed by atoms with Gasteiger partial charge in [0.05, 0.1) is 4.47 Å². The van der Waals surface area contributed by atoms with E-state index in [9.17, 15) is 12.8 Å². The predicted molar refractivity (Wildman–Crippen MR) is 69.8 cm³/mol. The largest absolute Gasteiger partial charge is 0.436 e. The summed E-state index contributed by atoms with van der Waals surface area (Å²) < 4.78 is 41.3. The number of nitrogens with two attached hydrogens (primary N) is 1. The predicted octanol–water partition coefficient (Wildman–Crippen LogP) is 2.42. The molecule has 5 nitrogen and oxygen atoms in total. The van der Waals surface area contributed by atoms with Crippen molar-refractivity contribution in [2.45, 2.75) is 4.90 Å². The Morgan fingerprint density at radius 2 is 2.05 bits per heavy atom. The quantitative estimate of drug-likeness (QED) is 0.925. The number of aromatic nitrogens is 1. The Morgan fingerprint density at radius 3 is 2.68 bits per heavy atom. The first kappa shape index (κ1) is 13.9. The molecule has 0 bridgehead atoms. The van der Waals surface area contributed by atoms with E-state index in [1.54, 1.807) is 0 Å². The van der Waals surface area contributed by atoms with Crippen molar-refractivity contribution < 1.29 is 17.5 Å². The van der Waals surface area contributed by atoms with E-state index in [1.165, 1.54) is 36.5 Å². The fourth-order valence-electron chi connectivity index (χ4n) is 1.33. The van der Waals surface area contributed by atoms with Gasteiger partial charge < -0.3 is 4.74 Å². The molecule has 100 valence electrons. The van der Waals surface area contributed by atoms with Gasteiger partial charge in [0, 0.05) is 6.20 Å². The van der Waals surface area contributed by atoms with Gasteiger partial charge in [-0.1, -0.05) is 0 Å². The first-order valence-electron chi connectivity index (χ1n) is 4.98. The third-order valence-corrected chi connectivity index (χ3v) is 3.69.